The van der Waals surface area contributed by atoms with E-state index in [-0.39, 0.29) is 12.4 Å². The predicted molar refractivity (Wildman–Crippen MR) is 60.0 cm³/mol. The van der Waals surface area contributed by atoms with Crippen molar-refractivity contribution in [3.8, 4) is 0 Å². The van der Waals surface area contributed by atoms with Gasteiger partial charge in [0.1, 0.15) is 0 Å². The van der Waals surface area contributed by atoms with Gasteiger partial charge in [-0.3, -0.25) is 9.59 Å². The number of hydrogen-bond donors (Lipinski definition) is 2. The van der Waals surface area contributed by atoms with E-state index in [1.807, 2.05) is 0 Å². The average molecular weight is 246 g/mol. The van der Waals surface area contributed by atoms with Gasteiger partial charge < -0.3 is 10.6 Å². The first-order valence-corrected chi connectivity index (χ1v) is 6.21. The zero-order valence-corrected chi connectivity index (χ0v) is 9.71. The maximum Gasteiger partial charge on any atom is 0.246 e. The molecule has 0 atom stereocenters. The molecule has 0 aliphatic heterocycles. The second-order valence-electron chi connectivity index (χ2n) is 2.72. The zero-order valence-electron chi connectivity index (χ0n) is 8.89. The minimum atomic E-state index is -3.31. The van der Waals surface area contributed by atoms with Gasteiger partial charge in [-0.15, -0.1) is 0 Å². The van der Waals surface area contributed by atoms with Crippen LogP contribution in [0.15, 0.2) is 24.1 Å². The highest BCUT2D eigenvalue weighted by molar-refractivity contribution is 7.94. The fraction of sp³-hybridized carbons (Fsp3) is 0.333. The Morgan fingerprint density at radius 3 is 2.31 bits per heavy atom. The van der Waals surface area contributed by atoms with Gasteiger partial charge in [-0.2, -0.15) is 0 Å². The summed E-state index contributed by atoms with van der Waals surface area (Å²) in [6.45, 7) is 4.61. The lowest BCUT2D eigenvalue weighted by Crippen LogP contribution is -2.35. The number of hydrogen-bond acceptors (Lipinski definition) is 4. The van der Waals surface area contributed by atoms with Crippen LogP contribution in [0.4, 0.5) is 0 Å². The summed E-state index contributed by atoms with van der Waals surface area (Å²) in [6.07, 6.45) is 1.96. The molecule has 0 aliphatic rings. The molecule has 2 amide bonds. The fourth-order valence-electron chi connectivity index (χ4n) is 0.611. The van der Waals surface area contributed by atoms with Gasteiger partial charge in [0.2, 0.25) is 11.8 Å². The van der Waals surface area contributed by atoms with E-state index in [1.165, 1.54) is 6.92 Å². The minimum Gasteiger partial charge on any atom is -0.335 e. The molecule has 0 aromatic rings. The van der Waals surface area contributed by atoms with Crippen molar-refractivity contribution >= 4 is 21.7 Å². The molecule has 0 bridgehead atoms. The second-order valence-corrected chi connectivity index (χ2v) is 4.89. The largest absolute Gasteiger partial charge is 0.335 e. The van der Waals surface area contributed by atoms with Gasteiger partial charge in [0.25, 0.3) is 0 Å². The van der Waals surface area contributed by atoms with Gasteiger partial charge in [0, 0.05) is 11.5 Å². The van der Waals surface area contributed by atoms with E-state index >= 15 is 0 Å². The molecule has 0 radical (unpaired) electrons. The van der Waals surface area contributed by atoms with Crippen LogP contribution in [0.2, 0.25) is 0 Å². The maximum atomic E-state index is 11.0. The summed E-state index contributed by atoms with van der Waals surface area (Å²) >= 11 is 0. The van der Waals surface area contributed by atoms with Gasteiger partial charge >= 0.3 is 0 Å². The van der Waals surface area contributed by atoms with E-state index in [0.717, 1.165) is 17.6 Å². The summed E-state index contributed by atoms with van der Waals surface area (Å²) in [4.78, 5) is 21.7. The fourth-order valence-corrected chi connectivity index (χ4v) is 1.13. The van der Waals surface area contributed by atoms with Crippen LogP contribution < -0.4 is 10.6 Å². The number of sulfone groups is 1. The molecule has 0 unspecified atom stereocenters. The highest BCUT2D eigenvalue weighted by Gasteiger charge is 2.02. The molecule has 0 heterocycles. The van der Waals surface area contributed by atoms with Crippen LogP contribution in [0.25, 0.3) is 0 Å². The van der Waals surface area contributed by atoms with E-state index in [1.54, 1.807) is 0 Å². The smallest absolute Gasteiger partial charge is 0.246 e. The third-order valence-electron chi connectivity index (χ3n) is 1.54. The molecule has 0 saturated heterocycles. The molecular weight excluding hydrogens is 232 g/mol. The molecule has 0 aliphatic carbocycles. The van der Waals surface area contributed by atoms with Crippen LogP contribution in [-0.4, -0.2) is 32.7 Å². The Morgan fingerprint density at radius 1 is 1.25 bits per heavy atom. The zero-order chi connectivity index (χ0) is 12.6. The van der Waals surface area contributed by atoms with E-state index in [9.17, 15) is 18.0 Å². The van der Waals surface area contributed by atoms with Gasteiger partial charge in [0.05, 0.1) is 12.4 Å². The summed E-state index contributed by atoms with van der Waals surface area (Å²) < 4.78 is 22.0. The summed E-state index contributed by atoms with van der Waals surface area (Å²) in [6, 6.07) is 0. The standard InChI is InChI=1S/C9H14N2O4S/c1-3-8(12)10-7-11-9(13)5-6-16(14,15)4-2/h3,5-6H,1,4,7H2,2H3,(H,10,12)(H,11,13). The van der Waals surface area contributed by atoms with Crippen LogP contribution in [-0.2, 0) is 19.4 Å². The lowest BCUT2D eigenvalue weighted by Gasteiger charge is -2.02. The summed E-state index contributed by atoms with van der Waals surface area (Å²) in [5.41, 5.74) is 0. The molecule has 0 spiro atoms. The molecular formula is C9H14N2O4S. The first-order chi connectivity index (χ1) is 7.41. The number of amides is 2. The van der Waals surface area contributed by atoms with Gasteiger partial charge in [-0.25, -0.2) is 8.42 Å². The minimum absolute atomic E-state index is 0.0655. The van der Waals surface area contributed by atoms with Crippen molar-refractivity contribution in [2.75, 3.05) is 12.4 Å². The molecule has 6 nitrogen and oxygen atoms in total. The molecule has 16 heavy (non-hydrogen) atoms. The molecule has 90 valence electrons. The second kappa shape index (κ2) is 6.78. The van der Waals surface area contributed by atoms with Gasteiger partial charge in [-0.1, -0.05) is 13.5 Å². The first-order valence-electron chi connectivity index (χ1n) is 4.50. The van der Waals surface area contributed by atoms with Crippen molar-refractivity contribution in [3.05, 3.63) is 24.1 Å². The molecule has 0 aromatic heterocycles. The molecule has 7 heteroatoms. The van der Waals surface area contributed by atoms with Crippen molar-refractivity contribution in [1.82, 2.24) is 10.6 Å². The number of carbonyl (C=O) groups excluding carboxylic acids is 2. The SMILES string of the molecule is C=CC(=O)NCNC(=O)C=CS(=O)(=O)CC. The van der Waals surface area contributed by atoms with Crippen molar-refractivity contribution in [2.24, 2.45) is 0 Å². The Labute approximate surface area is 94.3 Å². The molecule has 0 saturated carbocycles. The van der Waals surface area contributed by atoms with E-state index < -0.39 is 21.7 Å². The van der Waals surface area contributed by atoms with Crippen LogP contribution in [0.3, 0.4) is 0 Å². The Bertz CT molecular complexity index is 398. The van der Waals surface area contributed by atoms with Crippen LogP contribution in [0, 0.1) is 0 Å². The van der Waals surface area contributed by atoms with E-state index in [4.69, 9.17) is 0 Å². The first kappa shape index (κ1) is 14.4. The third-order valence-corrected chi connectivity index (χ3v) is 2.90. The van der Waals surface area contributed by atoms with E-state index in [2.05, 4.69) is 17.2 Å². The van der Waals surface area contributed by atoms with E-state index in [0.29, 0.717) is 0 Å². The van der Waals surface area contributed by atoms with Crippen molar-refractivity contribution in [2.45, 2.75) is 6.92 Å². The van der Waals surface area contributed by atoms with Crippen molar-refractivity contribution in [1.29, 1.82) is 0 Å². The summed E-state index contributed by atoms with van der Waals surface area (Å²) in [7, 11) is -3.31. The number of nitrogens with one attached hydrogen (secondary N) is 2. The molecule has 2 N–H and O–H groups in total. The lowest BCUT2D eigenvalue weighted by atomic mass is 10.5. The van der Waals surface area contributed by atoms with Gasteiger partial charge in [-0.05, 0) is 6.08 Å². The Balaban J connectivity index is 4.01. The summed E-state index contributed by atoms with van der Waals surface area (Å²) in [5.74, 6) is -1.09. The predicted octanol–water partition coefficient (Wildman–Crippen LogP) is -0.689. The van der Waals surface area contributed by atoms with Crippen LogP contribution in [0.1, 0.15) is 6.92 Å². The molecule has 0 aromatic carbocycles. The Hall–Kier alpha value is -1.63. The topological polar surface area (TPSA) is 92.3 Å². The number of rotatable bonds is 6. The van der Waals surface area contributed by atoms with Crippen LogP contribution in [0.5, 0.6) is 0 Å². The van der Waals surface area contributed by atoms with Crippen molar-refractivity contribution in [3.63, 3.8) is 0 Å². The quantitative estimate of drug-likeness (QED) is 0.479. The van der Waals surface area contributed by atoms with Crippen LogP contribution >= 0.6 is 0 Å². The maximum absolute atomic E-state index is 11.0. The highest BCUT2D eigenvalue weighted by atomic mass is 32.2. The van der Waals surface area contributed by atoms with Gasteiger partial charge in [0.15, 0.2) is 9.84 Å². The normalized spacial score (nSPS) is 11.1. The summed E-state index contributed by atoms with van der Waals surface area (Å²) in [5, 5.41) is 5.41. The average Bonchev–Trinajstić information content (AvgIpc) is 2.26. The Kier molecular flexibility index (Phi) is 6.09. The lowest BCUT2D eigenvalue weighted by molar-refractivity contribution is -0.118. The molecule has 0 rings (SSSR count). The van der Waals surface area contributed by atoms with Crippen molar-refractivity contribution < 1.29 is 18.0 Å². The monoisotopic (exact) mass is 246 g/mol. The Morgan fingerprint density at radius 2 is 1.81 bits per heavy atom. The third kappa shape index (κ3) is 6.77. The molecule has 0 fully saturated rings. The number of carbonyl (C=O) groups is 2. The highest BCUT2D eigenvalue weighted by Crippen LogP contribution is 1.90.